The number of phenols is 1. The average molecular weight is 325 g/mol. The molecule has 1 heterocycles. The lowest BCUT2D eigenvalue weighted by Gasteiger charge is -2.19. The highest BCUT2D eigenvalue weighted by Crippen LogP contribution is 2.45. The van der Waals surface area contributed by atoms with E-state index in [9.17, 15) is 9.90 Å². The molecule has 4 heteroatoms. The number of ether oxygens (including phenoxy) is 1. The van der Waals surface area contributed by atoms with E-state index in [0.29, 0.717) is 6.54 Å². The van der Waals surface area contributed by atoms with Crippen LogP contribution in [0.25, 0.3) is 0 Å². The van der Waals surface area contributed by atoms with E-state index < -0.39 is 5.60 Å². The molecule has 3 rings (SSSR count). The van der Waals surface area contributed by atoms with Crippen LogP contribution in [-0.2, 0) is 16.1 Å². The summed E-state index contributed by atoms with van der Waals surface area (Å²) in [4.78, 5) is 14.7. The van der Waals surface area contributed by atoms with Gasteiger partial charge in [0, 0.05) is 6.54 Å². The lowest BCUT2D eigenvalue weighted by molar-refractivity contribution is -0.155. The fraction of sp³-hybridized carbons (Fsp3) is 0.350. The van der Waals surface area contributed by atoms with Gasteiger partial charge in [0.25, 0.3) is 0 Å². The van der Waals surface area contributed by atoms with Gasteiger partial charge in [-0.3, -0.25) is 9.69 Å². The third-order valence-corrected chi connectivity index (χ3v) is 4.01. The minimum absolute atomic E-state index is 0.0133. The summed E-state index contributed by atoms with van der Waals surface area (Å²) in [6.07, 6.45) is 0. The molecular formula is C20H23NO3. The molecular weight excluding hydrogens is 302 g/mol. The minimum atomic E-state index is -0.502. The first-order valence-electron chi connectivity index (χ1n) is 8.16. The van der Waals surface area contributed by atoms with Crippen LogP contribution in [0.1, 0.15) is 37.9 Å². The number of carbonyl (C=O) groups excluding carboxylic acids is 1. The molecule has 1 aliphatic rings. The molecule has 1 aliphatic heterocycles. The molecule has 1 fully saturated rings. The Labute approximate surface area is 142 Å². The highest BCUT2D eigenvalue weighted by molar-refractivity contribution is 5.81. The molecule has 126 valence electrons. The van der Waals surface area contributed by atoms with Crippen molar-refractivity contribution in [2.75, 3.05) is 0 Å². The molecule has 0 radical (unpaired) electrons. The van der Waals surface area contributed by atoms with Gasteiger partial charge in [-0.1, -0.05) is 42.5 Å². The van der Waals surface area contributed by atoms with Gasteiger partial charge in [-0.2, -0.15) is 0 Å². The largest absolute Gasteiger partial charge is 0.508 e. The van der Waals surface area contributed by atoms with E-state index in [4.69, 9.17) is 4.74 Å². The maximum absolute atomic E-state index is 12.6. The molecule has 1 saturated heterocycles. The fourth-order valence-corrected chi connectivity index (χ4v) is 2.94. The number of carbonyl (C=O) groups is 1. The van der Waals surface area contributed by atoms with Gasteiger partial charge >= 0.3 is 5.97 Å². The Hall–Kier alpha value is -2.33. The van der Waals surface area contributed by atoms with Crippen LogP contribution in [0.2, 0.25) is 0 Å². The lowest BCUT2D eigenvalue weighted by atomic mass is 10.1. The van der Waals surface area contributed by atoms with Crippen LogP contribution >= 0.6 is 0 Å². The number of hydrogen-bond acceptors (Lipinski definition) is 4. The topological polar surface area (TPSA) is 49.5 Å². The van der Waals surface area contributed by atoms with Crippen LogP contribution in [0.3, 0.4) is 0 Å². The predicted octanol–water partition coefficient (Wildman–Crippen LogP) is 3.66. The van der Waals surface area contributed by atoms with Gasteiger partial charge in [0.15, 0.2) is 0 Å². The SMILES string of the molecule is CC(C)(C)OC(=O)C1C(c2ccc(O)cc2)N1Cc1ccccc1. The maximum Gasteiger partial charge on any atom is 0.325 e. The Morgan fingerprint density at radius 3 is 2.29 bits per heavy atom. The van der Waals surface area contributed by atoms with E-state index in [2.05, 4.69) is 17.0 Å². The number of phenolic OH excluding ortho intramolecular Hbond substituents is 1. The highest BCUT2D eigenvalue weighted by Gasteiger charge is 2.54. The van der Waals surface area contributed by atoms with Crippen molar-refractivity contribution in [3.63, 3.8) is 0 Å². The molecule has 2 aromatic carbocycles. The highest BCUT2D eigenvalue weighted by atomic mass is 16.6. The van der Waals surface area contributed by atoms with E-state index in [0.717, 1.165) is 11.1 Å². The molecule has 0 aromatic heterocycles. The maximum atomic E-state index is 12.6. The monoisotopic (exact) mass is 325 g/mol. The Morgan fingerprint density at radius 2 is 1.71 bits per heavy atom. The second-order valence-electron chi connectivity index (χ2n) is 7.17. The van der Waals surface area contributed by atoms with Crippen LogP contribution in [0.15, 0.2) is 54.6 Å². The third-order valence-electron chi connectivity index (χ3n) is 4.01. The van der Waals surface area contributed by atoms with Crippen LogP contribution in [0.4, 0.5) is 0 Å². The average Bonchev–Trinajstić information content (AvgIpc) is 3.21. The first-order chi connectivity index (χ1) is 11.3. The molecule has 0 amide bonds. The number of hydrogen-bond donors (Lipinski definition) is 1. The van der Waals surface area contributed by atoms with Gasteiger partial charge in [0.1, 0.15) is 17.4 Å². The number of nitrogens with zero attached hydrogens (tertiary/aromatic N) is 1. The molecule has 3 unspecified atom stereocenters. The Bertz CT molecular complexity index is 704. The zero-order chi connectivity index (χ0) is 17.3. The molecule has 24 heavy (non-hydrogen) atoms. The molecule has 0 aliphatic carbocycles. The smallest absolute Gasteiger partial charge is 0.325 e. The molecule has 0 spiro atoms. The molecule has 0 bridgehead atoms. The molecule has 3 atom stereocenters. The first-order valence-corrected chi connectivity index (χ1v) is 8.16. The zero-order valence-electron chi connectivity index (χ0n) is 14.3. The fourth-order valence-electron chi connectivity index (χ4n) is 2.94. The second kappa shape index (κ2) is 6.29. The van der Waals surface area contributed by atoms with Crippen molar-refractivity contribution < 1.29 is 14.6 Å². The quantitative estimate of drug-likeness (QED) is 0.688. The predicted molar refractivity (Wildman–Crippen MR) is 92.5 cm³/mol. The summed E-state index contributed by atoms with van der Waals surface area (Å²) in [5.41, 5.74) is 1.67. The minimum Gasteiger partial charge on any atom is -0.508 e. The van der Waals surface area contributed by atoms with Gasteiger partial charge in [-0.05, 0) is 44.0 Å². The van der Waals surface area contributed by atoms with E-state index in [1.54, 1.807) is 12.1 Å². The van der Waals surface area contributed by atoms with Gasteiger partial charge in [0.2, 0.25) is 0 Å². The standard InChI is InChI=1S/C20H23NO3/c1-20(2,3)24-19(23)18-17(15-9-11-16(22)12-10-15)21(18)13-14-7-5-4-6-8-14/h4-12,17-18,22H,13H2,1-3H3. The summed E-state index contributed by atoms with van der Waals surface area (Å²) < 4.78 is 5.58. The Morgan fingerprint density at radius 1 is 1.08 bits per heavy atom. The Kier molecular flexibility index (Phi) is 4.33. The number of rotatable bonds is 4. The van der Waals surface area contributed by atoms with E-state index in [1.807, 2.05) is 51.1 Å². The van der Waals surface area contributed by atoms with Crippen LogP contribution < -0.4 is 0 Å². The normalized spacial score (nSPS) is 22.9. The van der Waals surface area contributed by atoms with Gasteiger partial charge < -0.3 is 9.84 Å². The van der Waals surface area contributed by atoms with E-state index in [-0.39, 0.29) is 23.8 Å². The van der Waals surface area contributed by atoms with Gasteiger partial charge in [-0.15, -0.1) is 0 Å². The third kappa shape index (κ3) is 3.77. The lowest BCUT2D eigenvalue weighted by Crippen LogP contribution is -2.28. The molecule has 4 nitrogen and oxygen atoms in total. The van der Waals surface area contributed by atoms with Crippen LogP contribution in [0.5, 0.6) is 5.75 Å². The van der Waals surface area contributed by atoms with E-state index in [1.165, 1.54) is 0 Å². The van der Waals surface area contributed by atoms with Crippen molar-refractivity contribution in [1.29, 1.82) is 0 Å². The van der Waals surface area contributed by atoms with Gasteiger partial charge in [-0.25, -0.2) is 0 Å². The van der Waals surface area contributed by atoms with Crippen molar-refractivity contribution in [2.45, 2.75) is 45.0 Å². The van der Waals surface area contributed by atoms with E-state index >= 15 is 0 Å². The summed E-state index contributed by atoms with van der Waals surface area (Å²) in [6.45, 7) is 6.33. The summed E-state index contributed by atoms with van der Waals surface area (Å²) in [5.74, 6) is 0.0272. The zero-order valence-corrected chi connectivity index (χ0v) is 14.3. The summed E-state index contributed by atoms with van der Waals surface area (Å²) >= 11 is 0. The van der Waals surface area contributed by atoms with Crippen molar-refractivity contribution in [3.8, 4) is 5.75 Å². The molecule has 2 aromatic rings. The molecule has 1 N–H and O–H groups in total. The number of benzene rings is 2. The van der Waals surface area contributed by atoms with Crippen molar-refractivity contribution in [3.05, 3.63) is 65.7 Å². The first kappa shape index (κ1) is 16.5. The van der Waals surface area contributed by atoms with Crippen molar-refractivity contribution in [1.82, 2.24) is 4.90 Å². The van der Waals surface area contributed by atoms with Crippen molar-refractivity contribution in [2.24, 2.45) is 0 Å². The number of esters is 1. The summed E-state index contributed by atoms with van der Waals surface area (Å²) in [7, 11) is 0. The Balaban J connectivity index is 1.80. The van der Waals surface area contributed by atoms with Crippen LogP contribution in [0, 0.1) is 0 Å². The second-order valence-corrected chi connectivity index (χ2v) is 7.17. The van der Waals surface area contributed by atoms with Gasteiger partial charge in [0.05, 0.1) is 6.04 Å². The summed E-state index contributed by atoms with van der Waals surface area (Å²) in [5, 5.41) is 9.48. The number of aromatic hydroxyl groups is 1. The van der Waals surface area contributed by atoms with Crippen molar-refractivity contribution >= 4 is 5.97 Å². The summed E-state index contributed by atoms with van der Waals surface area (Å²) in [6, 6.07) is 16.8. The molecule has 0 saturated carbocycles. The van der Waals surface area contributed by atoms with Crippen LogP contribution in [-0.4, -0.2) is 27.6 Å².